The van der Waals surface area contributed by atoms with Crippen LogP contribution in [0.2, 0.25) is 0 Å². The molecule has 1 saturated heterocycles. The van der Waals surface area contributed by atoms with E-state index in [0.717, 1.165) is 35.8 Å². The Bertz CT molecular complexity index is 569. The van der Waals surface area contributed by atoms with Gasteiger partial charge in [0.05, 0.1) is 17.2 Å². The maximum Gasteiger partial charge on any atom is 0.191 e. The van der Waals surface area contributed by atoms with E-state index in [4.69, 9.17) is 4.99 Å². The molecule has 0 amide bonds. The molecule has 3 rings (SSSR count). The number of guanidine groups is 1. The molecule has 2 unspecified atom stereocenters. The van der Waals surface area contributed by atoms with Gasteiger partial charge in [0, 0.05) is 36.6 Å². The van der Waals surface area contributed by atoms with Gasteiger partial charge in [-0.1, -0.05) is 6.92 Å². The van der Waals surface area contributed by atoms with E-state index in [0.29, 0.717) is 18.5 Å². The summed E-state index contributed by atoms with van der Waals surface area (Å²) in [6, 6.07) is 1.35. The minimum atomic E-state index is 0. The molecule has 1 aromatic rings. The summed E-state index contributed by atoms with van der Waals surface area (Å²) in [5.41, 5.74) is 1.11. The van der Waals surface area contributed by atoms with Crippen molar-refractivity contribution in [1.29, 1.82) is 0 Å². The van der Waals surface area contributed by atoms with Crippen molar-refractivity contribution in [2.45, 2.75) is 59.2 Å². The number of rotatable bonds is 5. The number of aryl methyl sites for hydroxylation is 2. The Kier molecular flexibility index (Phi) is 7.30. The molecule has 0 radical (unpaired) electrons. The maximum atomic E-state index is 4.79. The molecule has 2 aliphatic rings. The zero-order valence-electron chi connectivity index (χ0n) is 15.1. The standard InChI is InChI=1S/C17H29N5S.HI/c1-5-18-17(19-8-16-12(3)20-13(4)23-16)21-15-10-22(9-11(15)2)14-6-7-14;/h11,14-15H,5-10H2,1-4H3,(H2,18,19,21);1H. The average molecular weight is 463 g/mol. The Labute approximate surface area is 166 Å². The molecule has 7 heteroatoms. The zero-order chi connectivity index (χ0) is 16.4. The number of nitrogens with zero attached hydrogens (tertiary/aromatic N) is 3. The van der Waals surface area contributed by atoms with Crippen molar-refractivity contribution in [1.82, 2.24) is 20.5 Å². The molecule has 136 valence electrons. The van der Waals surface area contributed by atoms with Crippen LogP contribution >= 0.6 is 35.3 Å². The van der Waals surface area contributed by atoms with E-state index in [1.165, 1.54) is 24.3 Å². The molecule has 24 heavy (non-hydrogen) atoms. The van der Waals surface area contributed by atoms with E-state index in [1.807, 2.05) is 0 Å². The van der Waals surface area contributed by atoms with E-state index >= 15 is 0 Å². The number of aromatic nitrogens is 1. The first-order chi connectivity index (χ1) is 11.1. The van der Waals surface area contributed by atoms with Crippen LogP contribution in [0.25, 0.3) is 0 Å². The molecule has 2 fully saturated rings. The number of thiazole rings is 1. The summed E-state index contributed by atoms with van der Waals surface area (Å²) >= 11 is 1.75. The van der Waals surface area contributed by atoms with Crippen molar-refractivity contribution in [3.8, 4) is 0 Å². The summed E-state index contributed by atoms with van der Waals surface area (Å²) in [5, 5.41) is 8.17. The summed E-state index contributed by atoms with van der Waals surface area (Å²) in [7, 11) is 0. The molecule has 1 aliphatic carbocycles. The minimum absolute atomic E-state index is 0. The minimum Gasteiger partial charge on any atom is -0.357 e. The molecule has 0 spiro atoms. The van der Waals surface area contributed by atoms with E-state index in [9.17, 15) is 0 Å². The molecule has 1 aromatic heterocycles. The van der Waals surface area contributed by atoms with Crippen LogP contribution in [0.4, 0.5) is 0 Å². The molecule has 2 heterocycles. The molecular weight excluding hydrogens is 433 g/mol. The van der Waals surface area contributed by atoms with Gasteiger partial charge in [0.2, 0.25) is 0 Å². The Hall–Kier alpha value is -0.410. The van der Waals surface area contributed by atoms with E-state index < -0.39 is 0 Å². The highest BCUT2D eigenvalue weighted by Gasteiger charge is 2.38. The van der Waals surface area contributed by atoms with Gasteiger partial charge < -0.3 is 10.6 Å². The monoisotopic (exact) mass is 463 g/mol. The van der Waals surface area contributed by atoms with Gasteiger partial charge in [-0.3, -0.25) is 4.90 Å². The Morgan fingerprint density at radius 1 is 1.33 bits per heavy atom. The third-order valence-corrected chi connectivity index (χ3v) is 5.81. The van der Waals surface area contributed by atoms with Crippen LogP contribution in [-0.2, 0) is 6.54 Å². The largest absolute Gasteiger partial charge is 0.357 e. The number of nitrogens with one attached hydrogen (secondary N) is 2. The Morgan fingerprint density at radius 3 is 2.67 bits per heavy atom. The lowest BCUT2D eigenvalue weighted by molar-refractivity contribution is 0.315. The fourth-order valence-electron chi connectivity index (χ4n) is 3.30. The number of hydrogen-bond donors (Lipinski definition) is 2. The van der Waals surface area contributed by atoms with Gasteiger partial charge in [-0.25, -0.2) is 9.98 Å². The van der Waals surface area contributed by atoms with Crippen LogP contribution in [-0.4, -0.2) is 47.6 Å². The van der Waals surface area contributed by atoms with Crippen molar-refractivity contribution in [2.24, 2.45) is 10.9 Å². The van der Waals surface area contributed by atoms with Gasteiger partial charge >= 0.3 is 0 Å². The van der Waals surface area contributed by atoms with Crippen molar-refractivity contribution >= 4 is 41.3 Å². The fraction of sp³-hybridized carbons (Fsp3) is 0.765. The smallest absolute Gasteiger partial charge is 0.191 e. The van der Waals surface area contributed by atoms with E-state index in [-0.39, 0.29) is 24.0 Å². The van der Waals surface area contributed by atoms with Crippen LogP contribution in [0.5, 0.6) is 0 Å². The molecule has 0 aromatic carbocycles. The Morgan fingerprint density at radius 2 is 2.08 bits per heavy atom. The van der Waals surface area contributed by atoms with Gasteiger partial charge in [0.25, 0.3) is 0 Å². The van der Waals surface area contributed by atoms with Crippen molar-refractivity contribution < 1.29 is 0 Å². The normalized spacial score (nSPS) is 24.8. The number of halogens is 1. The lowest BCUT2D eigenvalue weighted by Gasteiger charge is -2.20. The number of hydrogen-bond acceptors (Lipinski definition) is 4. The molecule has 0 bridgehead atoms. The first kappa shape index (κ1) is 19.9. The summed E-state index contributed by atoms with van der Waals surface area (Å²) in [5.74, 6) is 1.61. The van der Waals surface area contributed by atoms with Crippen LogP contribution in [0, 0.1) is 19.8 Å². The molecule has 2 N–H and O–H groups in total. The lowest BCUT2D eigenvalue weighted by Crippen LogP contribution is -2.46. The zero-order valence-corrected chi connectivity index (χ0v) is 18.3. The van der Waals surface area contributed by atoms with E-state index in [1.54, 1.807) is 11.3 Å². The highest BCUT2D eigenvalue weighted by Crippen LogP contribution is 2.31. The second-order valence-corrected chi connectivity index (χ2v) is 8.14. The van der Waals surface area contributed by atoms with Gasteiger partial charge in [0.1, 0.15) is 0 Å². The second kappa shape index (κ2) is 8.80. The van der Waals surface area contributed by atoms with Crippen molar-refractivity contribution in [3.63, 3.8) is 0 Å². The molecule has 1 aliphatic heterocycles. The SMILES string of the molecule is CCNC(=NCc1sc(C)nc1C)NC1CN(C2CC2)CC1C.I. The summed E-state index contributed by atoms with van der Waals surface area (Å²) in [6.45, 7) is 12.6. The molecule has 5 nitrogen and oxygen atoms in total. The third-order valence-electron chi connectivity index (χ3n) is 4.75. The van der Waals surface area contributed by atoms with Crippen molar-refractivity contribution in [3.05, 3.63) is 15.6 Å². The predicted molar refractivity (Wildman–Crippen MR) is 113 cm³/mol. The van der Waals surface area contributed by atoms with Crippen LogP contribution < -0.4 is 10.6 Å². The number of likely N-dealkylation sites (tertiary alicyclic amines) is 1. The van der Waals surface area contributed by atoms with Crippen LogP contribution in [0.15, 0.2) is 4.99 Å². The van der Waals surface area contributed by atoms with Gasteiger partial charge in [-0.15, -0.1) is 35.3 Å². The molecule has 2 atom stereocenters. The van der Waals surface area contributed by atoms with Crippen LogP contribution in [0.1, 0.15) is 42.3 Å². The first-order valence-corrected chi connectivity index (χ1v) is 9.60. The van der Waals surface area contributed by atoms with Gasteiger partial charge in [-0.05, 0) is 39.5 Å². The highest BCUT2D eigenvalue weighted by molar-refractivity contribution is 14.0. The van der Waals surface area contributed by atoms with Crippen molar-refractivity contribution in [2.75, 3.05) is 19.6 Å². The van der Waals surface area contributed by atoms with E-state index in [2.05, 4.69) is 48.2 Å². The average Bonchev–Trinajstić information content (AvgIpc) is 3.21. The summed E-state index contributed by atoms with van der Waals surface area (Å²) in [4.78, 5) is 13.2. The third kappa shape index (κ3) is 5.05. The lowest BCUT2D eigenvalue weighted by atomic mass is 10.1. The predicted octanol–water partition coefficient (Wildman–Crippen LogP) is 2.92. The van der Waals surface area contributed by atoms with Gasteiger partial charge in [-0.2, -0.15) is 0 Å². The first-order valence-electron chi connectivity index (χ1n) is 8.78. The maximum absolute atomic E-state index is 4.79. The topological polar surface area (TPSA) is 52.6 Å². The molecular formula is C17H30IN5S. The quantitative estimate of drug-likeness (QED) is 0.401. The summed E-state index contributed by atoms with van der Waals surface area (Å²) in [6.07, 6.45) is 2.77. The summed E-state index contributed by atoms with van der Waals surface area (Å²) < 4.78 is 0. The van der Waals surface area contributed by atoms with Gasteiger partial charge in [0.15, 0.2) is 5.96 Å². The fourth-order valence-corrected chi connectivity index (χ4v) is 4.16. The molecule has 1 saturated carbocycles. The highest BCUT2D eigenvalue weighted by atomic mass is 127. The number of aliphatic imine (C=N–C) groups is 1. The Balaban J connectivity index is 0.00000208. The van der Waals surface area contributed by atoms with Crippen LogP contribution in [0.3, 0.4) is 0 Å². The second-order valence-electron chi connectivity index (χ2n) is 6.85.